The van der Waals surface area contributed by atoms with Gasteiger partial charge in [0.15, 0.2) is 0 Å². The Kier molecular flexibility index (Phi) is 6.24. The third-order valence-corrected chi connectivity index (χ3v) is 4.25. The van der Waals surface area contributed by atoms with E-state index in [-0.39, 0.29) is 0 Å². The smallest absolute Gasteiger partial charge is 0.331 e. The van der Waals surface area contributed by atoms with Crippen molar-refractivity contribution in [2.75, 3.05) is 0 Å². The summed E-state index contributed by atoms with van der Waals surface area (Å²) in [5.41, 5.74) is -0.531. The highest BCUT2D eigenvalue weighted by atomic mass is 16.6. The molecule has 114 valence electrons. The van der Waals surface area contributed by atoms with E-state index in [1.165, 1.54) is 25.7 Å². The molecule has 0 bridgehead atoms. The van der Waals surface area contributed by atoms with Crippen molar-refractivity contribution in [3.63, 3.8) is 0 Å². The second-order valence-corrected chi connectivity index (χ2v) is 6.20. The Morgan fingerprint density at radius 3 is 2.30 bits per heavy atom. The maximum absolute atomic E-state index is 11.6. The summed E-state index contributed by atoms with van der Waals surface area (Å²) in [4.78, 5) is 22.0. The van der Waals surface area contributed by atoms with Gasteiger partial charge in [0.25, 0.3) is 0 Å². The van der Waals surface area contributed by atoms with Gasteiger partial charge in [-0.3, -0.25) is 0 Å². The van der Waals surface area contributed by atoms with E-state index in [1.807, 2.05) is 13.8 Å². The van der Waals surface area contributed by atoms with Gasteiger partial charge in [0.1, 0.15) is 5.60 Å². The maximum atomic E-state index is 11.6. The van der Waals surface area contributed by atoms with Gasteiger partial charge >= 0.3 is 11.9 Å². The fraction of sp³-hybridized carbons (Fsp3) is 0.750. The van der Waals surface area contributed by atoms with Crippen molar-refractivity contribution in [3.8, 4) is 0 Å². The van der Waals surface area contributed by atoms with Gasteiger partial charge in [-0.25, -0.2) is 9.59 Å². The van der Waals surface area contributed by atoms with Crippen molar-refractivity contribution in [1.82, 2.24) is 0 Å². The first-order valence-electron chi connectivity index (χ1n) is 7.49. The van der Waals surface area contributed by atoms with Crippen LogP contribution in [-0.4, -0.2) is 22.6 Å². The molecule has 0 heterocycles. The molecule has 0 aromatic heterocycles. The van der Waals surface area contributed by atoms with E-state index in [4.69, 9.17) is 9.84 Å². The average molecular weight is 282 g/mol. The lowest BCUT2D eigenvalue weighted by molar-refractivity contribution is -0.157. The van der Waals surface area contributed by atoms with Gasteiger partial charge in [-0.2, -0.15) is 0 Å². The van der Waals surface area contributed by atoms with Crippen LogP contribution in [0.15, 0.2) is 12.2 Å². The number of carboxylic acid groups (broad SMARTS) is 1. The second kappa shape index (κ2) is 7.46. The lowest BCUT2D eigenvalue weighted by atomic mass is 9.73. The number of carboxylic acids is 1. The van der Waals surface area contributed by atoms with Crippen LogP contribution in [0, 0.1) is 11.8 Å². The van der Waals surface area contributed by atoms with Gasteiger partial charge in [0.05, 0.1) is 0 Å². The lowest BCUT2D eigenvalue weighted by Crippen LogP contribution is -2.38. The van der Waals surface area contributed by atoms with Crippen molar-refractivity contribution < 1.29 is 19.4 Å². The topological polar surface area (TPSA) is 63.6 Å². The molecule has 0 aromatic rings. The molecule has 0 unspecified atom stereocenters. The van der Waals surface area contributed by atoms with E-state index in [9.17, 15) is 9.59 Å². The molecule has 1 fully saturated rings. The molecule has 1 aliphatic carbocycles. The van der Waals surface area contributed by atoms with Gasteiger partial charge in [-0.1, -0.05) is 32.6 Å². The number of hydrogen-bond donors (Lipinski definition) is 1. The molecule has 0 amide bonds. The third kappa shape index (κ3) is 5.35. The molecule has 1 N–H and O–H groups in total. The minimum absolute atomic E-state index is 0.359. The van der Waals surface area contributed by atoms with Crippen LogP contribution in [0.1, 0.15) is 59.3 Å². The second-order valence-electron chi connectivity index (χ2n) is 6.20. The molecule has 1 aliphatic rings. The Labute approximate surface area is 121 Å². The average Bonchev–Trinajstić information content (AvgIpc) is 2.37. The minimum Gasteiger partial charge on any atom is -0.478 e. The Hall–Kier alpha value is -1.32. The zero-order valence-electron chi connectivity index (χ0n) is 12.7. The molecule has 0 saturated heterocycles. The van der Waals surface area contributed by atoms with Crippen LogP contribution in [0.5, 0.6) is 0 Å². The molecule has 0 atom stereocenters. The number of hydrogen-bond acceptors (Lipinski definition) is 3. The largest absolute Gasteiger partial charge is 0.478 e. The maximum Gasteiger partial charge on any atom is 0.331 e. The van der Waals surface area contributed by atoms with Crippen LogP contribution >= 0.6 is 0 Å². The summed E-state index contributed by atoms with van der Waals surface area (Å²) in [6, 6.07) is 0. The Morgan fingerprint density at radius 2 is 1.80 bits per heavy atom. The fourth-order valence-corrected chi connectivity index (χ4v) is 3.07. The van der Waals surface area contributed by atoms with Crippen molar-refractivity contribution >= 4 is 11.9 Å². The summed E-state index contributed by atoms with van der Waals surface area (Å²) in [5.74, 6) is -0.541. The summed E-state index contributed by atoms with van der Waals surface area (Å²) in [7, 11) is 0. The number of esters is 1. The van der Waals surface area contributed by atoms with Crippen LogP contribution < -0.4 is 0 Å². The number of rotatable bonds is 6. The molecule has 0 aliphatic heterocycles. The Bertz CT molecular complexity index is 363. The van der Waals surface area contributed by atoms with Crippen LogP contribution in [0.25, 0.3) is 0 Å². The standard InChI is InChI=1S/C16H26O4/c1-4-5-12-6-8-13(9-7-12)16(2,3)20-15(19)11-10-14(17)18/h10-13H,4-9H2,1-3H3,(H,17,18)/b11-10+. The molecular weight excluding hydrogens is 256 g/mol. The van der Waals surface area contributed by atoms with Crippen LogP contribution in [0.2, 0.25) is 0 Å². The highest BCUT2D eigenvalue weighted by Gasteiger charge is 2.35. The first-order valence-corrected chi connectivity index (χ1v) is 7.49. The fourth-order valence-electron chi connectivity index (χ4n) is 3.07. The summed E-state index contributed by atoms with van der Waals surface area (Å²) in [6.07, 6.45) is 8.86. The molecule has 20 heavy (non-hydrogen) atoms. The molecule has 1 saturated carbocycles. The highest BCUT2D eigenvalue weighted by Crippen LogP contribution is 2.38. The van der Waals surface area contributed by atoms with E-state index in [0.717, 1.165) is 30.9 Å². The van der Waals surface area contributed by atoms with Gasteiger partial charge in [-0.05, 0) is 38.5 Å². The van der Waals surface area contributed by atoms with E-state index in [2.05, 4.69) is 6.92 Å². The van der Waals surface area contributed by atoms with E-state index in [0.29, 0.717) is 5.92 Å². The van der Waals surface area contributed by atoms with Crippen LogP contribution in [-0.2, 0) is 14.3 Å². The summed E-state index contributed by atoms with van der Waals surface area (Å²) >= 11 is 0. The monoisotopic (exact) mass is 282 g/mol. The molecule has 0 aromatic carbocycles. The number of aliphatic carboxylic acids is 1. The number of carbonyl (C=O) groups excluding carboxylic acids is 1. The quantitative estimate of drug-likeness (QED) is 0.597. The molecule has 0 spiro atoms. The van der Waals surface area contributed by atoms with Gasteiger partial charge in [-0.15, -0.1) is 0 Å². The number of ether oxygens (including phenoxy) is 1. The molecule has 4 heteroatoms. The molecular formula is C16H26O4. The number of carbonyl (C=O) groups is 2. The first-order chi connectivity index (χ1) is 9.35. The normalized spacial score (nSPS) is 23.8. The van der Waals surface area contributed by atoms with E-state index in [1.54, 1.807) is 0 Å². The van der Waals surface area contributed by atoms with Crippen molar-refractivity contribution in [2.45, 2.75) is 64.9 Å². The van der Waals surface area contributed by atoms with Crippen LogP contribution in [0.4, 0.5) is 0 Å². The third-order valence-electron chi connectivity index (χ3n) is 4.25. The van der Waals surface area contributed by atoms with Gasteiger partial charge in [0.2, 0.25) is 0 Å². The SMILES string of the molecule is CCCC1CCC(C(C)(C)OC(=O)/C=C/C(=O)O)CC1. The Balaban J connectivity index is 2.49. The van der Waals surface area contributed by atoms with Gasteiger partial charge in [0, 0.05) is 12.2 Å². The van der Waals surface area contributed by atoms with Crippen molar-refractivity contribution in [1.29, 1.82) is 0 Å². The summed E-state index contributed by atoms with van der Waals surface area (Å²) in [6.45, 7) is 6.06. The predicted octanol–water partition coefficient (Wildman–Crippen LogP) is 3.56. The van der Waals surface area contributed by atoms with Crippen molar-refractivity contribution in [2.24, 2.45) is 11.8 Å². The molecule has 1 rings (SSSR count). The van der Waals surface area contributed by atoms with E-state index < -0.39 is 17.5 Å². The van der Waals surface area contributed by atoms with E-state index >= 15 is 0 Å². The minimum atomic E-state index is -1.14. The lowest BCUT2D eigenvalue weighted by Gasteiger charge is -2.38. The summed E-state index contributed by atoms with van der Waals surface area (Å²) < 4.78 is 5.43. The zero-order valence-corrected chi connectivity index (χ0v) is 12.7. The first kappa shape index (κ1) is 16.7. The highest BCUT2D eigenvalue weighted by molar-refractivity contribution is 5.90. The predicted molar refractivity (Wildman–Crippen MR) is 77.3 cm³/mol. The molecule has 0 radical (unpaired) electrons. The van der Waals surface area contributed by atoms with Crippen molar-refractivity contribution in [3.05, 3.63) is 12.2 Å². The summed E-state index contributed by atoms with van der Waals surface area (Å²) in [5, 5.41) is 8.49. The molecule has 4 nitrogen and oxygen atoms in total. The zero-order chi connectivity index (χ0) is 15.2. The Morgan fingerprint density at radius 1 is 1.20 bits per heavy atom. The van der Waals surface area contributed by atoms with Crippen LogP contribution in [0.3, 0.4) is 0 Å². The van der Waals surface area contributed by atoms with Gasteiger partial charge < -0.3 is 9.84 Å².